The number of Topliss-reactive ketones (excluding diaryl/α,β-unsaturated/α-hetero) is 1. The lowest BCUT2D eigenvalue weighted by atomic mass is 9.79. The fraction of sp³-hybridized carbons (Fsp3) is 0.529. The first-order valence-electron chi connectivity index (χ1n) is 7.52. The molecule has 1 aromatic carbocycles. The molecule has 1 heterocycles. The Morgan fingerprint density at radius 1 is 1.36 bits per heavy atom. The Morgan fingerprint density at radius 2 is 2.05 bits per heavy atom. The molecule has 1 saturated heterocycles. The molecule has 0 bridgehead atoms. The minimum atomic E-state index is -2.50. The second-order valence-corrected chi connectivity index (χ2v) is 5.80. The van der Waals surface area contributed by atoms with E-state index in [0.29, 0.717) is 13.0 Å². The zero-order valence-electron chi connectivity index (χ0n) is 12.6. The molecule has 1 aliphatic heterocycles. The number of ketones is 1. The second-order valence-electron chi connectivity index (χ2n) is 5.80. The number of hydrogen-bond acceptors (Lipinski definition) is 3. The van der Waals surface area contributed by atoms with E-state index in [-0.39, 0.29) is 24.0 Å². The van der Waals surface area contributed by atoms with Crippen LogP contribution in [0.1, 0.15) is 31.2 Å². The van der Waals surface area contributed by atoms with Crippen molar-refractivity contribution in [1.29, 1.82) is 5.26 Å². The average molecular weight is 306 g/mol. The highest BCUT2D eigenvalue weighted by Crippen LogP contribution is 2.32. The third-order valence-electron chi connectivity index (χ3n) is 4.42. The van der Waals surface area contributed by atoms with Crippen molar-refractivity contribution in [1.82, 2.24) is 4.90 Å². The van der Waals surface area contributed by atoms with Gasteiger partial charge in [0.2, 0.25) is 0 Å². The second kappa shape index (κ2) is 7.46. The Labute approximate surface area is 129 Å². The molecule has 0 amide bonds. The number of alkyl halides is 2. The molecule has 0 saturated carbocycles. The normalized spacial score (nSPS) is 27.2. The summed E-state index contributed by atoms with van der Waals surface area (Å²) < 4.78 is 25.4. The summed E-state index contributed by atoms with van der Waals surface area (Å²) in [5.41, 5.74) is 1.05. The van der Waals surface area contributed by atoms with Gasteiger partial charge in [-0.15, -0.1) is 0 Å². The first kappa shape index (κ1) is 16.6. The van der Waals surface area contributed by atoms with Gasteiger partial charge in [-0.05, 0) is 17.9 Å². The number of carbonyl (C=O) groups excluding carboxylic acids is 1. The van der Waals surface area contributed by atoms with E-state index in [2.05, 4.69) is 0 Å². The molecule has 1 aromatic rings. The quantitative estimate of drug-likeness (QED) is 0.861. The highest BCUT2D eigenvalue weighted by atomic mass is 19.3. The van der Waals surface area contributed by atoms with Gasteiger partial charge in [-0.25, -0.2) is 8.78 Å². The van der Waals surface area contributed by atoms with E-state index in [1.54, 1.807) is 0 Å². The van der Waals surface area contributed by atoms with Gasteiger partial charge in [-0.2, -0.15) is 5.26 Å². The molecule has 0 radical (unpaired) electrons. The fourth-order valence-electron chi connectivity index (χ4n) is 3.12. The topological polar surface area (TPSA) is 44.1 Å². The Morgan fingerprint density at radius 3 is 2.64 bits per heavy atom. The third-order valence-corrected chi connectivity index (χ3v) is 4.42. The molecule has 3 atom stereocenters. The van der Waals surface area contributed by atoms with Gasteiger partial charge in [-0.3, -0.25) is 9.69 Å². The molecule has 5 heteroatoms. The van der Waals surface area contributed by atoms with Gasteiger partial charge in [0, 0.05) is 18.9 Å². The van der Waals surface area contributed by atoms with Crippen molar-refractivity contribution in [3.05, 3.63) is 35.9 Å². The van der Waals surface area contributed by atoms with Gasteiger partial charge < -0.3 is 0 Å². The zero-order chi connectivity index (χ0) is 16.1. The van der Waals surface area contributed by atoms with Crippen molar-refractivity contribution in [2.24, 2.45) is 5.92 Å². The van der Waals surface area contributed by atoms with E-state index in [1.165, 1.54) is 4.90 Å². The lowest BCUT2D eigenvalue weighted by Crippen LogP contribution is -2.43. The standard InChI is InChI=1S/C17H20F2N2O/c1-12-15(13-5-3-2-4-6-13)7-8-21(11-17(18)19)14(10-20)9-16(12)22/h2-6,12,14-15,17H,7-9,11H2,1H3/t12-,14?,15-/m1/s1. The van der Waals surface area contributed by atoms with Crippen LogP contribution < -0.4 is 0 Å². The van der Waals surface area contributed by atoms with E-state index in [1.807, 2.05) is 43.3 Å². The molecule has 2 rings (SSSR count). The van der Waals surface area contributed by atoms with E-state index in [0.717, 1.165) is 5.56 Å². The molecule has 0 N–H and O–H groups in total. The monoisotopic (exact) mass is 306 g/mol. The molecule has 0 aliphatic carbocycles. The van der Waals surface area contributed by atoms with Crippen LogP contribution in [0.3, 0.4) is 0 Å². The molecule has 1 fully saturated rings. The van der Waals surface area contributed by atoms with Crippen LogP contribution in [-0.4, -0.2) is 36.2 Å². The maximum atomic E-state index is 12.7. The Hall–Kier alpha value is -1.80. The van der Waals surface area contributed by atoms with Crippen LogP contribution in [-0.2, 0) is 4.79 Å². The van der Waals surface area contributed by atoms with Crippen LogP contribution in [0.2, 0.25) is 0 Å². The minimum Gasteiger partial charge on any atom is -0.299 e. The number of nitrogens with zero attached hydrogens (tertiary/aromatic N) is 2. The van der Waals surface area contributed by atoms with Gasteiger partial charge in [0.1, 0.15) is 11.8 Å². The molecular weight excluding hydrogens is 286 g/mol. The van der Waals surface area contributed by atoms with Gasteiger partial charge in [-0.1, -0.05) is 37.3 Å². The first-order valence-corrected chi connectivity index (χ1v) is 7.52. The van der Waals surface area contributed by atoms with Gasteiger partial charge >= 0.3 is 0 Å². The van der Waals surface area contributed by atoms with Crippen molar-refractivity contribution in [3.63, 3.8) is 0 Å². The summed E-state index contributed by atoms with van der Waals surface area (Å²) in [6.07, 6.45) is -1.88. The summed E-state index contributed by atoms with van der Waals surface area (Å²) in [5, 5.41) is 9.19. The van der Waals surface area contributed by atoms with Crippen LogP contribution in [0.5, 0.6) is 0 Å². The molecule has 1 unspecified atom stereocenters. The lowest BCUT2D eigenvalue weighted by Gasteiger charge is -2.34. The number of halogens is 2. The molecule has 22 heavy (non-hydrogen) atoms. The van der Waals surface area contributed by atoms with E-state index >= 15 is 0 Å². The largest absolute Gasteiger partial charge is 0.299 e. The van der Waals surface area contributed by atoms with Crippen molar-refractivity contribution in [2.75, 3.05) is 13.1 Å². The molecule has 0 spiro atoms. The maximum absolute atomic E-state index is 12.7. The molecule has 1 aliphatic rings. The highest BCUT2D eigenvalue weighted by Gasteiger charge is 2.33. The van der Waals surface area contributed by atoms with Gasteiger partial charge in [0.25, 0.3) is 6.43 Å². The van der Waals surface area contributed by atoms with Crippen molar-refractivity contribution in [2.45, 2.75) is 38.2 Å². The molecule has 118 valence electrons. The summed E-state index contributed by atoms with van der Waals surface area (Å²) in [6, 6.07) is 10.9. The van der Waals surface area contributed by atoms with Crippen molar-refractivity contribution < 1.29 is 13.6 Å². The SMILES string of the molecule is C[C@H]1C(=O)CC(C#N)N(CC(F)F)CC[C@H]1c1ccccc1. The molecular formula is C17H20F2N2O. The number of carbonyl (C=O) groups is 1. The van der Waals surface area contributed by atoms with Crippen LogP contribution in [0.25, 0.3) is 0 Å². The summed E-state index contributed by atoms with van der Waals surface area (Å²) in [4.78, 5) is 13.8. The Balaban J connectivity index is 2.23. The smallest absolute Gasteiger partial charge is 0.251 e. The van der Waals surface area contributed by atoms with Crippen molar-refractivity contribution >= 4 is 5.78 Å². The third kappa shape index (κ3) is 3.89. The molecule has 3 nitrogen and oxygen atoms in total. The zero-order valence-corrected chi connectivity index (χ0v) is 12.6. The maximum Gasteiger partial charge on any atom is 0.251 e. The number of rotatable bonds is 3. The summed E-state index contributed by atoms with van der Waals surface area (Å²) in [7, 11) is 0. The van der Waals surface area contributed by atoms with Crippen LogP contribution >= 0.6 is 0 Å². The van der Waals surface area contributed by atoms with Gasteiger partial charge in [0.05, 0.1) is 12.6 Å². The molecule has 0 aromatic heterocycles. The van der Waals surface area contributed by atoms with Crippen molar-refractivity contribution in [3.8, 4) is 6.07 Å². The fourth-order valence-corrected chi connectivity index (χ4v) is 3.12. The van der Waals surface area contributed by atoms with E-state index < -0.39 is 19.0 Å². The number of nitriles is 1. The van der Waals surface area contributed by atoms with E-state index in [4.69, 9.17) is 0 Å². The highest BCUT2D eigenvalue weighted by molar-refractivity contribution is 5.82. The Bertz CT molecular complexity index is 541. The average Bonchev–Trinajstić information content (AvgIpc) is 2.51. The predicted octanol–water partition coefficient (Wildman–Crippen LogP) is 3.23. The number of benzene rings is 1. The number of hydrogen-bond donors (Lipinski definition) is 0. The summed E-state index contributed by atoms with van der Waals surface area (Å²) in [5.74, 6) is -0.222. The minimum absolute atomic E-state index is 0.00788. The van der Waals surface area contributed by atoms with Crippen LogP contribution in [0.15, 0.2) is 30.3 Å². The predicted molar refractivity (Wildman–Crippen MR) is 79.6 cm³/mol. The Kier molecular flexibility index (Phi) is 5.62. The van der Waals surface area contributed by atoms with Crippen LogP contribution in [0, 0.1) is 17.2 Å². The van der Waals surface area contributed by atoms with E-state index in [9.17, 15) is 18.8 Å². The van der Waals surface area contributed by atoms with Gasteiger partial charge in [0.15, 0.2) is 0 Å². The van der Waals surface area contributed by atoms with Crippen LogP contribution in [0.4, 0.5) is 8.78 Å². The summed E-state index contributed by atoms with van der Waals surface area (Å²) >= 11 is 0. The number of likely N-dealkylation sites (tertiary alicyclic amines) is 1. The first-order chi connectivity index (χ1) is 10.5. The summed E-state index contributed by atoms with van der Waals surface area (Å²) in [6.45, 7) is 1.82. The lowest BCUT2D eigenvalue weighted by molar-refractivity contribution is -0.125.